The van der Waals surface area contributed by atoms with Crippen LogP contribution in [0.4, 0.5) is 0 Å². The highest BCUT2D eigenvalue weighted by atomic mass is 32.1. The van der Waals surface area contributed by atoms with E-state index >= 15 is 0 Å². The SMILES string of the molecule is Cc1cccc(C(=O)NC(=S)NCc2ccc(-c3nc4ccccc4o3)cc2)c1. The van der Waals surface area contributed by atoms with Crippen LogP contribution in [0.2, 0.25) is 0 Å². The van der Waals surface area contributed by atoms with Crippen molar-refractivity contribution in [1.82, 2.24) is 15.6 Å². The number of nitrogens with one attached hydrogen (secondary N) is 2. The first-order valence-corrected chi connectivity index (χ1v) is 9.60. The van der Waals surface area contributed by atoms with Crippen LogP contribution in [0, 0.1) is 6.92 Å². The third-order valence-corrected chi connectivity index (χ3v) is 4.70. The Morgan fingerprint density at radius 2 is 1.83 bits per heavy atom. The lowest BCUT2D eigenvalue weighted by molar-refractivity contribution is 0.0976. The summed E-state index contributed by atoms with van der Waals surface area (Å²) >= 11 is 5.23. The molecule has 0 bridgehead atoms. The van der Waals surface area contributed by atoms with Crippen molar-refractivity contribution in [2.75, 3.05) is 0 Å². The Morgan fingerprint density at radius 3 is 2.59 bits per heavy atom. The molecule has 3 aromatic carbocycles. The van der Waals surface area contributed by atoms with Crippen LogP contribution in [0.3, 0.4) is 0 Å². The summed E-state index contributed by atoms with van der Waals surface area (Å²) in [5, 5.41) is 6.05. The summed E-state index contributed by atoms with van der Waals surface area (Å²) < 4.78 is 5.79. The van der Waals surface area contributed by atoms with Gasteiger partial charge in [0.15, 0.2) is 10.7 Å². The summed E-state index contributed by atoms with van der Waals surface area (Å²) in [7, 11) is 0. The highest BCUT2D eigenvalue weighted by molar-refractivity contribution is 7.80. The molecule has 1 aromatic heterocycles. The first-order valence-electron chi connectivity index (χ1n) is 9.19. The summed E-state index contributed by atoms with van der Waals surface area (Å²) in [5.74, 6) is 0.365. The smallest absolute Gasteiger partial charge is 0.257 e. The highest BCUT2D eigenvalue weighted by Gasteiger charge is 2.09. The first-order chi connectivity index (χ1) is 14.1. The zero-order valence-electron chi connectivity index (χ0n) is 15.8. The van der Waals surface area contributed by atoms with Crippen molar-refractivity contribution >= 4 is 34.3 Å². The molecule has 0 unspecified atom stereocenters. The fraction of sp³-hybridized carbons (Fsp3) is 0.0870. The van der Waals surface area contributed by atoms with Crippen molar-refractivity contribution in [3.05, 3.63) is 89.5 Å². The molecular weight excluding hydrogens is 382 g/mol. The van der Waals surface area contributed by atoms with Gasteiger partial charge in [-0.25, -0.2) is 4.98 Å². The van der Waals surface area contributed by atoms with Crippen molar-refractivity contribution in [2.24, 2.45) is 0 Å². The van der Waals surface area contributed by atoms with E-state index in [4.69, 9.17) is 16.6 Å². The second kappa shape index (κ2) is 8.24. The third kappa shape index (κ3) is 4.50. The topological polar surface area (TPSA) is 67.2 Å². The van der Waals surface area contributed by atoms with Gasteiger partial charge in [-0.3, -0.25) is 10.1 Å². The molecule has 144 valence electrons. The zero-order chi connectivity index (χ0) is 20.2. The van der Waals surface area contributed by atoms with Gasteiger partial charge in [-0.2, -0.15) is 0 Å². The van der Waals surface area contributed by atoms with Crippen LogP contribution in [0.1, 0.15) is 21.5 Å². The lowest BCUT2D eigenvalue weighted by Crippen LogP contribution is -2.38. The number of thiocarbonyl (C=S) groups is 1. The lowest BCUT2D eigenvalue weighted by Gasteiger charge is -2.10. The summed E-state index contributed by atoms with van der Waals surface area (Å²) in [6, 6.07) is 22.9. The number of carbonyl (C=O) groups is 1. The number of hydrogen-bond acceptors (Lipinski definition) is 4. The quantitative estimate of drug-likeness (QED) is 0.489. The Labute approximate surface area is 173 Å². The molecule has 0 saturated heterocycles. The van der Waals surface area contributed by atoms with Gasteiger partial charge in [-0.05, 0) is 61.1 Å². The van der Waals surface area contributed by atoms with Gasteiger partial charge in [0, 0.05) is 17.7 Å². The predicted molar refractivity (Wildman–Crippen MR) is 118 cm³/mol. The van der Waals surface area contributed by atoms with E-state index in [9.17, 15) is 4.79 Å². The zero-order valence-corrected chi connectivity index (χ0v) is 16.6. The lowest BCUT2D eigenvalue weighted by atomic mass is 10.1. The average Bonchev–Trinajstić information content (AvgIpc) is 3.17. The Hall–Kier alpha value is -3.51. The molecule has 1 heterocycles. The van der Waals surface area contributed by atoms with Gasteiger partial charge < -0.3 is 9.73 Å². The van der Waals surface area contributed by atoms with Crippen molar-refractivity contribution in [1.29, 1.82) is 0 Å². The van der Waals surface area contributed by atoms with Gasteiger partial charge in [0.2, 0.25) is 5.89 Å². The maximum Gasteiger partial charge on any atom is 0.257 e. The number of oxazole rings is 1. The Morgan fingerprint density at radius 1 is 1.03 bits per heavy atom. The van der Waals surface area contributed by atoms with E-state index in [1.54, 1.807) is 6.07 Å². The average molecular weight is 401 g/mol. The van der Waals surface area contributed by atoms with Crippen molar-refractivity contribution in [3.8, 4) is 11.5 Å². The molecule has 0 saturated carbocycles. The van der Waals surface area contributed by atoms with Crippen LogP contribution < -0.4 is 10.6 Å². The Kier molecular flexibility index (Phi) is 5.35. The van der Waals surface area contributed by atoms with Crippen molar-refractivity contribution in [3.63, 3.8) is 0 Å². The van der Waals surface area contributed by atoms with Crippen LogP contribution >= 0.6 is 12.2 Å². The van der Waals surface area contributed by atoms with E-state index in [2.05, 4.69) is 15.6 Å². The number of benzene rings is 3. The minimum Gasteiger partial charge on any atom is -0.436 e. The number of rotatable bonds is 4. The third-order valence-electron chi connectivity index (χ3n) is 4.46. The number of carbonyl (C=O) groups excluding carboxylic acids is 1. The molecule has 5 nitrogen and oxygen atoms in total. The molecular formula is C23H19N3O2S. The molecule has 0 aliphatic carbocycles. The summed E-state index contributed by atoms with van der Waals surface area (Å²) in [6.07, 6.45) is 0. The van der Waals surface area contributed by atoms with Crippen LogP contribution in [0.15, 0.2) is 77.2 Å². The fourth-order valence-corrected chi connectivity index (χ4v) is 3.11. The minimum absolute atomic E-state index is 0.225. The molecule has 1 amide bonds. The normalized spacial score (nSPS) is 10.7. The molecule has 4 aromatic rings. The molecule has 29 heavy (non-hydrogen) atoms. The minimum atomic E-state index is -0.225. The van der Waals surface area contributed by atoms with Crippen LogP contribution in [0.5, 0.6) is 0 Å². The van der Waals surface area contributed by atoms with Crippen molar-refractivity contribution < 1.29 is 9.21 Å². The maximum atomic E-state index is 12.2. The molecule has 0 aliphatic heterocycles. The molecule has 6 heteroatoms. The molecule has 0 fully saturated rings. The van der Waals surface area contributed by atoms with Crippen LogP contribution in [-0.2, 0) is 6.54 Å². The molecule has 0 radical (unpaired) electrons. The molecule has 0 spiro atoms. The fourth-order valence-electron chi connectivity index (χ4n) is 2.95. The Balaban J connectivity index is 1.35. The first kappa shape index (κ1) is 18.8. The number of para-hydroxylation sites is 2. The maximum absolute atomic E-state index is 12.2. The van der Waals surface area contributed by atoms with Gasteiger partial charge in [0.1, 0.15) is 5.52 Å². The second-order valence-corrected chi connectivity index (χ2v) is 7.10. The summed E-state index contributed by atoms with van der Waals surface area (Å²) in [6.45, 7) is 2.44. The standard InChI is InChI=1S/C23H19N3O2S/c1-15-5-4-6-18(13-15)21(27)26-23(29)24-14-16-9-11-17(12-10-16)22-25-19-7-2-3-8-20(19)28-22/h2-13H,14H2,1H3,(H2,24,26,27,29). The number of aryl methyl sites for hydroxylation is 1. The van der Waals surface area contributed by atoms with Crippen LogP contribution in [0.25, 0.3) is 22.6 Å². The number of hydrogen-bond donors (Lipinski definition) is 2. The van der Waals surface area contributed by atoms with E-state index < -0.39 is 0 Å². The molecule has 4 rings (SSSR count). The van der Waals surface area contributed by atoms with E-state index in [1.807, 2.05) is 73.7 Å². The van der Waals surface area contributed by atoms with Crippen LogP contribution in [-0.4, -0.2) is 16.0 Å². The number of nitrogens with zero attached hydrogens (tertiary/aromatic N) is 1. The van der Waals surface area contributed by atoms with E-state index in [-0.39, 0.29) is 5.91 Å². The summed E-state index contributed by atoms with van der Waals surface area (Å²) in [4.78, 5) is 16.7. The molecule has 0 aliphatic rings. The largest absolute Gasteiger partial charge is 0.436 e. The number of amides is 1. The highest BCUT2D eigenvalue weighted by Crippen LogP contribution is 2.24. The second-order valence-electron chi connectivity index (χ2n) is 6.69. The van der Waals surface area contributed by atoms with E-state index in [1.165, 1.54) is 0 Å². The van der Waals surface area contributed by atoms with Crippen molar-refractivity contribution in [2.45, 2.75) is 13.5 Å². The van der Waals surface area contributed by atoms with E-state index in [0.29, 0.717) is 23.1 Å². The van der Waals surface area contributed by atoms with Gasteiger partial charge in [0.25, 0.3) is 5.91 Å². The predicted octanol–water partition coefficient (Wildman–Crippen LogP) is 4.61. The van der Waals surface area contributed by atoms with Gasteiger partial charge in [0.05, 0.1) is 0 Å². The monoisotopic (exact) mass is 401 g/mol. The van der Waals surface area contributed by atoms with E-state index in [0.717, 1.165) is 27.8 Å². The Bertz CT molecular complexity index is 1150. The van der Waals surface area contributed by atoms with Gasteiger partial charge in [-0.15, -0.1) is 0 Å². The number of fused-ring (bicyclic) bond motifs is 1. The summed E-state index contributed by atoms with van der Waals surface area (Å²) in [5.41, 5.74) is 5.13. The van der Waals surface area contributed by atoms with Gasteiger partial charge >= 0.3 is 0 Å². The number of aromatic nitrogens is 1. The van der Waals surface area contributed by atoms with Gasteiger partial charge in [-0.1, -0.05) is 42.0 Å². The molecule has 2 N–H and O–H groups in total. The molecule has 0 atom stereocenters.